The molecule has 0 aliphatic carbocycles. The molecule has 1 aliphatic rings. The summed E-state index contributed by atoms with van der Waals surface area (Å²) < 4.78 is 46.4. The lowest BCUT2D eigenvalue weighted by Gasteiger charge is -2.21. The van der Waals surface area contributed by atoms with Gasteiger partial charge in [0, 0.05) is 32.2 Å². The van der Waals surface area contributed by atoms with Crippen LogP contribution in [0.4, 0.5) is 4.39 Å². The Bertz CT molecular complexity index is 1120. The van der Waals surface area contributed by atoms with E-state index in [1.165, 1.54) is 40.5 Å². The summed E-state index contributed by atoms with van der Waals surface area (Å²) >= 11 is 6.15. The second-order valence-electron chi connectivity index (χ2n) is 7.88. The number of hydrogen-bond acceptors (Lipinski definition) is 5. The van der Waals surface area contributed by atoms with Gasteiger partial charge in [-0.05, 0) is 37.1 Å². The zero-order valence-corrected chi connectivity index (χ0v) is 19.9. The van der Waals surface area contributed by atoms with Gasteiger partial charge in [0.15, 0.2) is 6.61 Å². The van der Waals surface area contributed by atoms with Crippen LogP contribution in [-0.2, 0) is 26.1 Å². The molecule has 1 heterocycles. The van der Waals surface area contributed by atoms with Crippen LogP contribution >= 0.6 is 11.6 Å². The van der Waals surface area contributed by atoms with E-state index in [1.54, 1.807) is 18.2 Å². The fourth-order valence-corrected chi connectivity index (χ4v) is 5.56. The normalized spacial score (nSPS) is 15.0. The Morgan fingerprint density at radius 2 is 1.76 bits per heavy atom. The topological polar surface area (TPSA) is 84.0 Å². The highest BCUT2D eigenvalue weighted by Gasteiger charge is 2.28. The van der Waals surface area contributed by atoms with E-state index >= 15 is 0 Å². The number of rotatable bonds is 7. The maximum absolute atomic E-state index is 13.8. The number of sulfonamides is 1. The fraction of sp³-hybridized carbons (Fsp3) is 0.391. The van der Waals surface area contributed by atoms with Gasteiger partial charge < -0.3 is 9.64 Å². The van der Waals surface area contributed by atoms with E-state index in [9.17, 15) is 22.4 Å². The molecule has 33 heavy (non-hydrogen) atoms. The molecule has 0 spiro atoms. The second kappa shape index (κ2) is 11.1. The van der Waals surface area contributed by atoms with Gasteiger partial charge in [0.25, 0.3) is 5.91 Å². The Morgan fingerprint density at radius 3 is 2.42 bits per heavy atom. The summed E-state index contributed by atoms with van der Waals surface area (Å²) in [6.07, 6.45) is 3.46. The molecule has 0 bridgehead atoms. The van der Waals surface area contributed by atoms with E-state index in [-0.39, 0.29) is 22.0 Å². The number of carbonyl (C=O) groups excluding carboxylic acids is 2. The van der Waals surface area contributed by atoms with Crippen molar-refractivity contribution in [2.45, 2.75) is 37.1 Å². The smallest absolute Gasteiger partial charge is 0.338 e. The standard InChI is InChI=1S/C23H26ClFN2O5S/c1-26(15-18-8-4-5-9-20(18)25)22(28)16-32-23(29)17-10-11-19(24)21(14-17)33(30,31)27-12-6-2-3-7-13-27/h4-5,8-11,14H,2-3,6-7,12-13,15-16H2,1H3. The summed E-state index contributed by atoms with van der Waals surface area (Å²) in [5.41, 5.74) is 0.304. The predicted octanol–water partition coefficient (Wildman–Crippen LogP) is 3.86. The largest absolute Gasteiger partial charge is 0.452 e. The predicted molar refractivity (Wildman–Crippen MR) is 122 cm³/mol. The Labute approximate surface area is 198 Å². The maximum Gasteiger partial charge on any atom is 0.338 e. The van der Waals surface area contributed by atoms with Crippen LogP contribution in [0.2, 0.25) is 5.02 Å². The number of carbonyl (C=O) groups is 2. The molecule has 2 aromatic rings. The lowest BCUT2D eigenvalue weighted by atomic mass is 10.2. The van der Waals surface area contributed by atoms with Gasteiger partial charge in [-0.25, -0.2) is 17.6 Å². The van der Waals surface area contributed by atoms with Gasteiger partial charge in [-0.3, -0.25) is 4.79 Å². The zero-order valence-electron chi connectivity index (χ0n) is 18.3. The monoisotopic (exact) mass is 496 g/mol. The highest BCUT2D eigenvalue weighted by Crippen LogP contribution is 2.28. The summed E-state index contributed by atoms with van der Waals surface area (Å²) in [5, 5.41) is 0.0106. The van der Waals surface area contributed by atoms with E-state index in [4.69, 9.17) is 16.3 Å². The Kier molecular flexibility index (Phi) is 8.45. The van der Waals surface area contributed by atoms with Crippen molar-refractivity contribution in [3.05, 3.63) is 64.4 Å². The molecule has 1 saturated heterocycles. The molecule has 178 valence electrons. The van der Waals surface area contributed by atoms with E-state index in [0.29, 0.717) is 18.7 Å². The van der Waals surface area contributed by atoms with Crippen LogP contribution in [0.3, 0.4) is 0 Å². The van der Waals surface area contributed by atoms with Crippen molar-refractivity contribution in [2.75, 3.05) is 26.7 Å². The van der Waals surface area contributed by atoms with Gasteiger partial charge in [-0.15, -0.1) is 0 Å². The molecule has 0 aromatic heterocycles. The Morgan fingerprint density at radius 1 is 1.09 bits per heavy atom. The molecule has 1 fully saturated rings. The summed E-state index contributed by atoms with van der Waals surface area (Å²) in [6, 6.07) is 9.92. The molecule has 0 saturated carbocycles. The van der Waals surface area contributed by atoms with Crippen molar-refractivity contribution < 1.29 is 27.1 Å². The van der Waals surface area contributed by atoms with Gasteiger partial charge in [0.05, 0.1) is 10.6 Å². The van der Waals surface area contributed by atoms with Crippen molar-refractivity contribution in [3.8, 4) is 0 Å². The zero-order chi connectivity index (χ0) is 24.0. The van der Waals surface area contributed by atoms with Gasteiger partial charge >= 0.3 is 5.97 Å². The van der Waals surface area contributed by atoms with Crippen molar-refractivity contribution in [1.29, 1.82) is 0 Å². The minimum Gasteiger partial charge on any atom is -0.452 e. The molecule has 0 unspecified atom stereocenters. The molecule has 1 amide bonds. The third-order valence-corrected chi connectivity index (χ3v) is 7.85. The van der Waals surface area contributed by atoms with Crippen LogP contribution in [0, 0.1) is 5.82 Å². The number of likely N-dealkylation sites (N-methyl/N-ethyl adjacent to an activating group) is 1. The van der Waals surface area contributed by atoms with Crippen LogP contribution in [-0.4, -0.2) is 56.2 Å². The van der Waals surface area contributed by atoms with Crippen LogP contribution < -0.4 is 0 Å². The molecule has 10 heteroatoms. The molecule has 0 radical (unpaired) electrons. The number of ether oxygens (including phenoxy) is 1. The maximum atomic E-state index is 13.8. The highest BCUT2D eigenvalue weighted by atomic mass is 35.5. The SMILES string of the molecule is CN(Cc1ccccc1F)C(=O)COC(=O)c1ccc(Cl)c(S(=O)(=O)N2CCCCCC2)c1. The summed E-state index contributed by atoms with van der Waals surface area (Å²) in [5.74, 6) is -1.82. The molecule has 0 N–H and O–H groups in total. The van der Waals surface area contributed by atoms with Crippen LogP contribution in [0.1, 0.15) is 41.6 Å². The van der Waals surface area contributed by atoms with Gasteiger partial charge in [0.2, 0.25) is 10.0 Å². The average Bonchev–Trinajstić information content (AvgIpc) is 3.09. The molecule has 1 aliphatic heterocycles. The van der Waals surface area contributed by atoms with E-state index < -0.39 is 34.3 Å². The van der Waals surface area contributed by atoms with E-state index in [2.05, 4.69) is 0 Å². The van der Waals surface area contributed by atoms with Crippen LogP contribution in [0.15, 0.2) is 47.4 Å². The number of amides is 1. The summed E-state index contributed by atoms with van der Waals surface area (Å²) in [7, 11) is -2.40. The van der Waals surface area contributed by atoms with Crippen molar-refractivity contribution in [2.24, 2.45) is 0 Å². The van der Waals surface area contributed by atoms with E-state index in [0.717, 1.165) is 25.7 Å². The molecular formula is C23H26ClFN2O5S. The van der Waals surface area contributed by atoms with Crippen LogP contribution in [0.5, 0.6) is 0 Å². The number of halogens is 2. The molecule has 7 nitrogen and oxygen atoms in total. The quantitative estimate of drug-likeness (QED) is 0.543. The van der Waals surface area contributed by atoms with Crippen molar-refractivity contribution in [3.63, 3.8) is 0 Å². The molecular weight excluding hydrogens is 471 g/mol. The number of nitrogens with zero attached hydrogens (tertiary/aromatic N) is 2. The first-order valence-corrected chi connectivity index (χ1v) is 12.5. The van der Waals surface area contributed by atoms with Crippen LogP contribution in [0.25, 0.3) is 0 Å². The summed E-state index contributed by atoms with van der Waals surface area (Å²) in [4.78, 5) is 25.9. The molecule has 3 rings (SSSR count). The minimum atomic E-state index is -3.87. The third kappa shape index (κ3) is 6.31. The lowest BCUT2D eigenvalue weighted by Crippen LogP contribution is -2.32. The van der Waals surface area contributed by atoms with Crippen molar-refractivity contribution in [1.82, 2.24) is 9.21 Å². The third-order valence-electron chi connectivity index (χ3n) is 5.47. The first-order valence-electron chi connectivity index (χ1n) is 10.6. The Hall–Kier alpha value is -2.49. The first kappa shape index (κ1) is 25.1. The lowest BCUT2D eigenvalue weighted by molar-refractivity contribution is -0.133. The fourth-order valence-electron chi connectivity index (χ4n) is 3.54. The number of esters is 1. The van der Waals surface area contributed by atoms with Crippen molar-refractivity contribution >= 4 is 33.5 Å². The number of hydrogen-bond donors (Lipinski definition) is 0. The highest BCUT2D eigenvalue weighted by molar-refractivity contribution is 7.89. The Balaban J connectivity index is 1.66. The average molecular weight is 497 g/mol. The second-order valence-corrected chi connectivity index (χ2v) is 10.2. The van der Waals surface area contributed by atoms with E-state index in [1.807, 2.05) is 0 Å². The van der Waals surface area contributed by atoms with Gasteiger partial charge in [0.1, 0.15) is 10.7 Å². The minimum absolute atomic E-state index is 0.0106. The number of benzene rings is 2. The van der Waals surface area contributed by atoms with Gasteiger partial charge in [-0.1, -0.05) is 42.6 Å². The molecule has 0 atom stereocenters. The van der Waals surface area contributed by atoms with Gasteiger partial charge in [-0.2, -0.15) is 4.31 Å². The first-order chi connectivity index (χ1) is 15.7. The molecule has 2 aromatic carbocycles. The summed E-state index contributed by atoms with van der Waals surface area (Å²) in [6.45, 7) is 0.245.